The minimum Gasteiger partial charge on any atom is -0.382 e. The first-order valence-corrected chi connectivity index (χ1v) is 5.43. The highest BCUT2D eigenvalue weighted by molar-refractivity contribution is 6.31. The molecule has 0 aliphatic heterocycles. The van der Waals surface area contributed by atoms with Gasteiger partial charge < -0.3 is 9.47 Å². The van der Waals surface area contributed by atoms with Crippen LogP contribution in [0.15, 0.2) is 24.3 Å². The summed E-state index contributed by atoms with van der Waals surface area (Å²) in [5, 5.41) is 0.551. The lowest BCUT2D eigenvalue weighted by Gasteiger charge is -2.11. The molecule has 1 atom stereocenters. The van der Waals surface area contributed by atoms with Crippen LogP contribution in [0.4, 0.5) is 0 Å². The largest absolute Gasteiger partial charge is 0.382 e. The second-order valence-corrected chi connectivity index (χ2v) is 3.82. The van der Waals surface area contributed by atoms with Crippen LogP contribution in [-0.4, -0.2) is 32.2 Å². The van der Waals surface area contributed by atoms with E-state index in [0.717, 1.165) is 0 Å². The number of hydrogen-bond donors (Lipinski definition) is 0. The summed E-state index contributed by atoms with van der Waals surface area (Å²) in [5.41, 5.74) is 0.567. The molecule has 0 spiro atoms. The third-order valence-corrected chi connectivity index (χ3v) is 2.37. The maximum atomic E-state index is 11.9. The number of hydrogen-bond acceptors (Lipinski definition) is 3. The Balaban J connectivity index is 2.56. The Morgan fingerprint density at radius 1 is 1.44 bits per heavy atom. The van der Waals surface area contributed by atoms with Crippen LogP contribution in [0, 0.1) is 0 Å². The lowest BCUT2D eigenvalue weighted by Crippen LogP contribution is -2.22. The van der Waals surface area contributed by atoms with Gasteiger partial charge in [0.15, 0.2) is 5.78 Å². The molecule has 3 nitrogen and oxygen atoms in total. The number of ether oxygens (including phenoxy) is 2. The van der Waals surface area contributed by atoms with Crippen molar-refractivity contribution >= 4 is 17.4 Å². The molecule has 1 aromatic carbocycles. The maximum absolute atomic E-state index is 11.9. The zero-order valence-electron chi connectivity index (χ0n) is 9.40. The van der Waals surface area contributed by atoms with Crippen molar-refractivity contribution < 1.29 is 14.3 Å². The van der Waals surface area contributed by atoms with Gasteiger partial charge in [0.2, 0.25) is 0 Å². The average Bonchev–Trinajstić information content (AvgIpc) is 2.28. The number of Topliss-reactive ketones (excluding diaryl/α,β-unsaturated/α-hetero) is 1. The average molecular weight is 243 g/mol. The number of carbonyl (C=O) groups is 1. The summed E-state index contributed by atoms with van der Waals surface area (Å²) in [6.07, 6.45) is -0.478. The first-order valence-electron chi connectivity index (χ1n) is 5.05. The summed E-state index contributed by atoms with van der Waals surface area (Å²) in [6, 6.07) is 6.84. The van der Waals surface area contributed by atoms with Gasteiger partial charge in [-0.3, -0.25) is 4.79 Å². The number of benzene rings is 1. The molecule has 0 amide bonds. The van der Waals surface area contributed by atoms with E-state index in [-0.39, 0.29) is 5.78 Å². The van der Waals surface area contributed by atoms with Crippen molar-refractivity contribution in [3.8, 4) is 0 Å². The molecule has 88 valence electrons. The van der Waals surface area contributed by atoms with E-state index >= 15 is 0 Å². The molecule has 4 heteroatoms. The van der Waals surface area contributed by atoms with Gasteiger partial charge in [-0.1, -0.05) is 23.7 Å². The molecule has 1 unspecified atom stereocenters. The minimum atomic E-state index is -0.478. The maximum Gasteiger partial charge on any atom is 0.191 e. The first kappa shape index (κ1) is 13.2. The van der Waals surface area contributed by atoms with E-state index < -0.39 is 6.10 Å². The Morgan fingerprint density at radius 2 is 2.19 bits per heavy atom. The van der Waals surface area contributed by atoms with Crippen LogP contribution in [0.1, 0.15) is 17.3 Å². The predicted molar refractivity (Wildman–Crippen MR) is 63.1 cm³/mol. The number of ketones is 1. The number of rotatable bonds is 6. The lowest BCUT2D eigenvalue weighted by atomic mass is 10.1. The quantitative estimate of drug-likeness (QED) is 0.568. The van der Waals surface area contributed by atoms with Gasteiger partial charge in [0.1, 0.15) is 6.10 Å². The number of carbonyl (C=O) groups excluding carboxylic acids is 1. The molecule has 1 aromatic rings. The zero-order valence-corrected chi connectivity index (χ0v) is 10.2. The van der Waals surface area contributed by atoms with E-state index in [4.69, 9.17) is 21.1 Å². The van der Waals surface area contributed by atoms with Crippen LogP contribution < -0.4 is 0 Å². The molecule has 0 fully saturated rings. The predicted octanol–water partition coefficient (Wildman–Crippen LogP) is 2.57. The molecule has 0 aliphatic rings. The normalized spacial score (nSPS) is 12.4. The number of halogens is 1. The SMILES string of the molecule is COCCOC(C)C(=O)c1cccc(Cl)c1. The molecular formula is C12H15ClO3. The molecular weight excluding hydrogens is 228 g/mol. The molecule has 0 radical (unpaired) electrons. The van der Waals surface area contributed by atoms with E-state index in [0.29, 0.717) is 23.8 Å². The van der Waals surface area contributed by atoms with Crippen LogP contribution in [0.5, 0.6) is 0 Å². The third kappa shape index (κ3) is 3.93. The molecule has 0 saturated carbocycles. The van der Waals surface area contributed by atoms with Crippen molar-refractivity contribution in [3.05, 3.63) is 34.9 Å². The molecule has 0 N–H and O–H groups in total. The topological polar surface area (TPSA) is 35.5 Å². The zero-order chi connectivity index (χ0) is 12.0. The highest BCUT2D eigenvalue weighted by atomic mass is 35.5. The summed E-state index contributed by atoms with van der Waals surface area (Å²) in [6.45, 7) is 2.61. The summed E-state index contributed by atoms with van der Waals surface area (Å²) >= 11 is 5.81. The highest BCUT2D eigenvalue weighted by Crippen LogP contribution is 2.13. The number of methoxy groups -OCH3 is 1. The summed E-state index contributed by atoms with van der Waals surface area (Å²) in [7, 11) is 1.59. The van der Waals surface area contributed by atoms with Crippen molar-refractivity contribution in [1.82, 2.24) is 0 Å². The molecule has 0 aromatic heterocycles. The Morgan fingerprint density at radius 3 is 2.81 bits per heavy atom. The summed E-state index contributed by atoms with van der Waals surface area (Å²) in [4.78, 5) is 11.9. The molecule has 1 rings (SSSR count). The van der Waals surface area contributed by atoms with Gasteiger partial charge in [-0.15, -0.1) is 0 Å². The Kier molecular flexibility index (Phi) is 5.46. The van der Waals surface area contributed by atoms with E-state index in [9.17, 15) is 4.79 Å². The third-order valence-electron chi connectivity index (χ3n) is 2.13. The Labute approximate surface area is 100 Å². The smallest absolute Gasteiger partial charge is 0.191 e. The van der Waals surface area contributed by atoms with E-state index in [1.54, 1.807) is 38.3 Å². The van der Waals surface area contributed by atoms with Crippen molar-refractivity contribution in [1.29, 1.82) is 0 Å². The van der Waals surface area contributed by atoms with Gasteiger partial charge in [0, 0.05) is 17.7 Å². The first-order chi connectivity index (χ1) is 7.65. The van der Waals surface area contributed by atoms with Crippen molar-refractivity contribution in [2.75, 3.05) is 20.3 Å². The van der Waals surface area contributed by atoms with Crippen LogP contribution in [0.3, 0.4) is 0 Å². The fourth-order valence-electron chi connectivity index (χ4n) is 1.26. The standard InChI is InChI=1S/C12H15ClO3/c1-9(16-7-6-15-2)12(14)10-4-3-5-11(13)8-10/h3-5,8-9H,6-7H2,1-2H3. The fraction of sp³-hybridized carbons (Fsp3) is 0.417. The van der Waals surface area contributed by atoms with Gasteiger partial charge in [-0.2, -0.15) is 0 Å². The molecule has 0 bridgehead atoms. The van der Waals surface area contributed by atoms with Crippen LogP contribution in [0.25, 0.3) is 0 Å². The van der Waals surface area contributed by atoms with Gasteiger partial charge in [0.25, 0.3) is 0 Å². The molecule has 0 aliphatic carbocycles. The Hall–Kier alpha value is -0.900. The highest BCUT2D eigenvalue weighted by Gasteiger charge is 2.15. The molecule has 0 heterocycles. The summed E-state index contributed by atoms with van der Waals surface area (Å²) < 4.78 is 10.2. The van der Waals surface area contributed by atoms with E-state index in [1.807, 2.05) is 0 Å². The van der Waals surface area contributed by atoms with Gasteiger partial charge >= 0.3 is 0 Å². The van der Waals surface area contributed by atoms with Gasteiger partial charge in [-0.05, 0) is 19.1 Å². The van der Waals surface area contributed by atoms with E-state index in [2.05, 4.69) is 0 Å². The second kappa shape index (κ2) is 6.63. The summed E-state index contributed by atoms with van der Waals surface area (Å²) in [5.74, 6) is -0.0707. The van der Waals surface area contributed by atoms with Crippen LogP contribution in [0.2, 0.25) is 5.02 Å². The fourth-order valence-corrected chi connectivity index (χ4v) is 1.45. The monoisotopic (exact) mass is 242 g/mol. The lowest BCUT2D eigenvalue weighted by molar-refractivity contribution is 0.0256. The van der Waals surface area contributed by atoms with Crippen molar-refractivity contribution in [3.63, 3.8) is 0 Å². The van der Waals surface area contributed by atoms with Crippen LogP contribution >= 0.6 is 11.6 Å². The minimum absolute atomic E-state index is 0.0707. The molecule has 0 saturated heterocycles. The van der Waals surface area contributed by atoms with Crippen molar-refractivity contribution in [2.45, 2.75) is 13.0 Å². The van der Waals surface area contributed by atoms with E-state index in [1.165, 1.54) is 0 Å². The molecule has 16 heavy (non-hydrogen) atoms. The Bertz CT molecular complexity index is 352. The van der Waals surface area contributed by atoms with Crippen LogP contribution in [-0.2, 0) is 9.47 Å². The van der Waals surface area contributed by atoms with Gasteiger partial charge in [-0.25, -0.2) is 0 Å². The van der Waals surface area contributed by atoms with Crippen molar-refractivity contribution in [2.24, 2.45) is 0 Å². The second-order valence-electron chi connectivity index (χ2n) is 3.38. The van der Waals surface area contributed by atoms with Gasteiger partial charge in [0.05, 0.1) is 13.2 Å².